The van der Waals surface area contributed by atoms with E-state index in [0.29, 0.717) is 13.1 Å². The summed E-state index contributed by atoms with van der Waals surface area (Å²) in [5, 5.41) is 19.2. The molecule has 208 valence electrons. The summed E-state index contributed by atoms with van der Waals surface area (Å²) in [7, 11) is -2.00. The van der Waals surface area contributed by atoms with Crippen LogP contribution < -0.4 is 4.74 Å². The van der Waals surface area contributed by atoms with E-state index in [2.05, 4.69) is 0 Å². The minimum absolute atomic E-state index is 0.0763. The summed E-state index contributed by atoms with van der Waals surface area (Å²) in [6.45, 7) is 6.53. The average Bonchev–Trinajstić information content (AvgIpc) is 2.90. The van der Waals surface area contributed by atoms with E-state index in [1.54, 1.807) is 43.3 Å². The van der Waals surface area contributed by atoms with Crippen LogP contribution >= 0.6 is 0 Å². The Kier molecular flexibility index (Phi) is 8.76. The number of ether oxygens (including phenoxy) is 1. The lowest BCUT2D eigenvalue weighted by Gasteiger charge is -2.37. The van der Waals surface area contributed by atoms with Crippen LogP contribution in [0.3, 0.4) is 0 Å². The molecule has 9 heteroatoms. The number of aliphatic hydroxyl groups is 1. The van der Waals surface area contributed by atoms with Crippen LogP contribution in [0.1, 0.15) is 35.3 Å². The maximum atomic E-state index is 13.7. The van der Waals surface area contributed by atoms with Crippen LogP contribution in [0.25, 0.3) is 11.1 Å². The maximum Gasteiger partial charge on any atom is 0.335 e. The summed E-state index contributed by atoms with van der Waals surface area (Å²) in [4.78, 5) is 13.5. The molecule has 0 radical (unpaired) electrons. The van der Waals surface area contributed by atoms with Crippen molar-refractivity contribution in [3.63, 3.8) is 0 Å². The van der Waals surface area contributed by atoms with E-state index in [1.165, 1.54) is 4.31 Å². The summed E-state index contributed by atoms with van der Waals surface area (Å²) in [5.41, 5.74) is 4.01. The number of sulfonamides is 1. The van der Waals surface area contributed by atoms with E-state index in [0.717, 1.165) is 22.3 Å². The van der Waals surface area contributed by atoms with Gasteiger partial charge in [0.15, 0.2) is 0 Å². The molecule has 39 heavy (non-hydrogen) atoms. The van der Waals surface area contributed by atoms with Gasteiger partial charge in [0.1, 0.15) is 16.7 Å². The van der Waals surface area contributed by atoms with Crippen molar-refractivity contribution in [3.05, 3.63) is 83.4 Å². The number of aliphatic hydroxyl groups excluding tert-OH is 1. The van der Waals surface area contributed by atoms with Gasteiger partial charge in [-0.1, -0.05) is 55.0 Å². The molecule has 1 aliphatic heterocycles. The van der Waals surface area contributed by atoms with E-state index in [-0.39, 0.29) is 41.4 Å². The van der Waals surface area contributed by atoms with Crippen molar-refractivity contribution >= 4 is 16.0 Å². The van der Waals surface area contributed by atoms with E-state index < -0.39 is 22.0 Å². The molecule has 4 rings (SSSR count). The van der Waals surface area contributed by atoms with E-state index >= 15 is 0 Å². The number of hydrogen-bond donors (Lipinski definition) is 2. The van der Waals surface area contributed by atoms with E-state index in [4.69, 9.17) is 4.74 Å². The van der Waals surface area contributed by atoms with Crippen LogP contribution in [0.5, 0.6) is 5.75 Å². The van der Waals surface area contributed by atoms with Gasteiger partial charge in [-0.2, -0.15) is 4.31 Å². The number of likely N-dealkylation sites (N-methyl/N-ethyl adjacent to an activating group) is 1. The number of carboxylic acid groups (broad SMARTS) is 1. The normalized spacial score (nSPS) is 19.9. The first-order valence-electron chi connectivity index (χ1n) is 13.0. The molecule has 0 spiro atoms. The fraction of sp³-hybridized carbons (Fsp3) is 0.367. The molecular formula is C30H36N2O6S. The quantitative estimate of drug-likeness (QED) is 0.430. The molecule has 0 aliphatic carbocycles. The fourth-order valence-corrected chi connectivity index (χ4v) is 6.68. The second kappa shape index (κ2) is 11.9. The molecule has 0 amide bonds. The maximum absolute atomic E-state index is 13.7. The number of nitrogens with zero attached hydrogens (tertiary/aromatic N) is 2. The average molecular weight is 553 g/mol. The largest absolute Gasteiger partial charge is 0.487 e. The highest BCUT2D eigenvalue weighted by atomic mass is 32.2. The number of carbonyl (C=O) groups is 1. The Morgan fingerprint density at radius 2 is 1.79 bits per heavy atom. The number of hydrogen-bond acceptors (Lipinski definition) is 6. The standard InChI is InChI=1S/C30H36N2O6S/c1-20-8-10-24(11-9-20)25-12-13-29-27(15-25)38-28(21(2)16-32(22(3)19-33)39(29,36)37)18-31(4)17-23-6-5-7-26(14-23)30(34)35/h5-15,21-22,28,33H,16-19H2,1-4H3,(H,34,35)/t21-,22+,28-/m1/s1. The molecule has 1 heterocycles. The van der Waals surface area contributed by atoms with Gasteiger partial charge >= 0.3 is 5.97 Å². The zero-order valence-electron chi connectivity index (χ0n) is 22.7. The van der Waals surface area contributed by atoms with Crippen molar-refractivity contribution in [2.75, 3.05) is 26.7 Å². The van der Waals surface area contributed by atoms with Crippen LogP contribution in [0, 0.1) is 12.8 Å². The Balaban J connectivity index is 1.69. The molecule has 8 nitrogen and oxygen atoms in total. The zero-order valence-corrected chi connectivity index (χ0v) is 23.6. The molecule has 0 unspecified atom stereocenters. The van der Waals surface area contributed by atoms with Crippen LogP contribution in [-0.2, 0) is 16.6 Å². The predicted octanol–water partition coefficient (Wildman–Crippen LogP) is 4.26. The van der Waals surface area contributed by atoms with Gasteiger partial charge in [0.25, 0.3) is 0 Å². The van der Waals surface area contributed by atoms with Crippen molar-refractivity contribution in [1.82, 2.24) is 9.21 Å². The minimum atomic E-state index is -3.93. The molecule has 3 aromatic carbocycles. The number of fused-ring (bicyclic) bond motifs is 1. The third kappa shape index (κ3) is 6.50. The van der Waals surface area contributed by atoms with Crippen LogP contribution in [0.15, 0.2) is 71.6 Å². The summed E-state index contributed by atoms with van der Waals surface area (Å²) in [6, 6.07) is 19.4. The fourth-order valence-electron chi connectivity index (χ4n) is 4.86. The Morgan fingerprint density at radius 1 is 1.10 bits per heavy atom. The summed E-state index contributed by atoms with van der Waals surface area (Å²) < 4.78 is 35.4. The lowest BCUT2D eigenvalue weighted by atomic mass is 10.0. The number of aromatic carboxylic acids is 1. The van der Waals surface area contributed by atoms with Gasteiger partial charge in [-0.05, 0) is 61.9 Å². The van der Waals surface area contributed by atoms with Gasteiger partial charge in [0.2, 0.25) is 10.0 Å². The van der Waals surface area contributed by atoms with Gasteiger partial charge < -0.3 is 14.9 Å². The molecule has 0 bridgehead atoms. The van der Waals surface area contributed by atoms with E-state index in [1.807, 2.05) is 56.1 Å². The van der Waals surface area contributed by atoms with Gasteiger partial charge in [-0.3, -0.25) is 4.90 Å². The van der Waals surface area contributed by atoms with Gasteiger partial charge in [0, 0.05) is 31.6 Å². The molecule has 3 atom stereocenters. The lowest BCUT2D eigenvalue weighted by molar-refractivity contribution is 0.0694. The van der Waals surface area contributed by atoms with Crippen molar-refractivity contribution < 1.29 is 28.2 Å². The SMILES string of the molecule is Cc1ccc(-c2ccc3c(c2)O[C@H](CN(C)Cc2cccc(C(=O)O)c2)[C@H](C)CN([C@@H](C)CO)S3(=O)=O)cc1. The molecule has 0 saturated heterocycles. The molecule has 0 aromatic heterocycles. The Hall–Kier alpha value is -3.24. The number of rotatable bonds is 8. The predicted molar refractivity (Wildman–Crippen MR) is 150 cm³/mol. The second-order valence-corrected chi connectivity index (χ2v) is 12.3. The first kappa shape index (κ1) is 28.8. The van der Waals surface area contributed by atoms with Crippen LogP contribution in [0.4, 0.5) is 0 Å². The number of benzene rings is 3. The molecule has 3 aromatic rings. The number of carboxylic acids is 1. The van der Waals surface area contributed by atoms with Crippen LogP contribution in [-0.4, -0.2) is 72.7 Å². The lowest BCUT2D eigenvalue weighted by Crippen LogP contribution is -2.49. The van der Waals surface area contributed by atoms with E-state index in [9.17, 15) is 23.4 Å². The summed E-state index contributed by atoms with van der Waals surface area (Å²) in [6.07, 6.45) is -0.367. The minimum Gasteiger partial charge on any atom is -0.487 e. The monoisotopic (exact) mass is 552 g/mol. The molecule has 2 N–H and O–H groups in total. The number of aryl methyl sites for hydroxylation is 1. The van der Waals surface area contributed by atoms with Crippen molar-refractivity contribution in [3.8, 4) is 16.9 Å². The highest BCUT2D eigenvalue weighted by Crippen LogP contribution is 2.36. The highest BCUT2D eigenvalue weighted by molar-refractivity contribution is 7.89. The first-order chi connectivity index (χ1) is 18.5. The first-order valence-corrected chi connectivity index (χ1v) is 14.4. The van der Waals surface area contributed by atoms with Gasteiger partial charge in [-0.25, -0.2) is 13.2 Å². The Morgan fingerprint density at radius 3 is 2.46 bits per heavy atom. The molecule has 0 fully saturated rings. The molecular weight excluding hydrogens is 516 g/mol. The van der Waals surface area contributed by atoms with Gasteiger partial charge in [0.05, 0.1) is 12.2 Å². The van der Waals surface area contributed by atoms with Crippen molar-refractivity contribution in [2.24, 2.45) is 5.92 Å². The van der Waals surface area contributed by atoms with Crippen molar-refractivity contribution in [1.29, 1.82) is 0 Å². The Bertz CT molecular complexity index is 1420. The summed E-state index contributed by atoms with van der Waals surface area (Å²) in [5.74, 6) is -0.893. The van der Waals surface area contributed by atoms with Gasteiger partial charge in [-0.15, -0.1) is 0 Å². The molecule has 1 aliphatic rings. The smallest absolute Gasteiger partial charge is 0.335 e. The molecule has 0 saturated carbocycles. The highest BCUT2D eigenvalue weighted by Gasteiger charge is 2.38. The third-order valence-corrected chi connectivity index (χ3v) is 9.19. The topological polar surface area (TPSA) is 107 Å². The second-order valence-electron chi connectivity index (χ2n) is 10.5. The Labute approximate surface area is 230 Å². The summed E-state index contributed by atoms with van der Waals surface area (Å²) >= 11 is 0. The van der Waals surface area contributed by atoms with Crippen LogP contribution in [0.2, 0.25) is 0 Å². The zero-order chi connectivity index (χ0) is 28.3. The third-order valence-electron chi connectivity index (χ3n) is 7.17. The van der Waals surface area contributed by atoms with Crippen molar-refractivity contribution in [2.45, 2.75) is 44.4 Å².